The first-order valence-corrected chi connectivity index (χ1v) is 9.52. The Hall–Kier alpha value is -3.79. The highest BCUT2D eigenvalue weighted by Crippen LogP contribution is 2.28. The number of esters is 1. The van der Waals surface area contributed by atoms with E-state index in [9.17, 15) is 4.79 Å². The molecule has 0 spiro atoms. The van der Waals surface area contributed by atoms with Crippen molar-refractivity contribution in [2.75, 3.05) is 0 Å². The fraction of sp³-hybridized carbons (Fsp3) is 0.0800. The van der Waals surface area contributed by atoms with Crippen LogP contribution in [0.1, 0.15) is 21.6 Å². The summed E-state index contributed by atoms with van der Waals surface area (Å²) in [5, 5.41) is 1.91. The second-order valence-electron chi connectivity index (χ2n) is 7.09. The predicted molar refractivity (Wildman–Crippen MR) is 113 cm³/mol. The highest BCUT2D eigenvalue weighted by molar-refractivity contribution is 6.04. The molecular weight excluding hydrogens is 362 g/mol. The van der Waals surface area contributed by atoms with Crippen LogP contribution in [0.4, 0.5) is 0 Å². The predicted octanol–water partition coefficient (Wildman–Crippen LogP) is 5.96. The Morgan fingerprint density at radius 2 is 1.66 bits per heavy atom. The van der Waals surface area contributed by atoms with E-state index >= 15 is 0 Å². The van der Waals surface area contributed by atoms with E-state index in [0.29, 0.717) is 17.7 Å². The maximum Gasteiger partial charge on any atom is 0.348 e. The summed E-state index contributed by atoms with van der Waals surface area (Å²) in [5.41, 5.74) is 4.35. The van der Waals surface area contributed by atoms with Crippen molar-refractivity contribution in [2.24, 2.45) is 0 Å². The minimum Gasteiger partial charge on any atom is -0.425 e. The number of para-hydroxylation sites is 2. The van der Waals surface area contributed by atoms with Crippen molar-refractivity contribution >= 4 is 27.8 Å². The van der Waals surface area contributed by atoms with Crippen molar-refractivity contribution < 1.29 is 13.9 Å². The summed E-state index contributed by atoms with van der Waals surface area (Å²) < 4.78 is 13.4. The van der Waals surface area contributed by atoms with Crippen LogP contribution in [0.2, 0.25) is 0 Å². The van der Waals surface area contributed by atoms with Gasteiger partial charge in [0.05, 0.1) is 11.1 Å². The third-order valence-electron chi connectivity index (χ3n) is 5.13. The molecule has 0 saturated heterocycles. The average Bonchev–Trinajstić information content (AvgIpc) is 3.28. The Morgan fingerprint density at radius 1 is 0.897 bits per heavy atom. The molecule has 0 aliphatic carbocycles. The van der Waals surface area contributed by atoms with Gasteiger partial charge in [-0.15, -0.1) is 0 Å². The first-order valence-electron chi connectivity index (χ1n) is 9.52. The summed E-state index contributed by atoms with van der Waals surface area (Å²) in [7, 11) is 0. The van der Waals surface area contributed by atoms with Gasteiger partial charge in [-0.05, 0) is 30.7 Å². The van der Waals surface area contributed by atoms with Crippen LogP contribution < -0.4 is 4.74 Å². The lowest BCUT2D eigenvalue weighted by molar-refractivity contribution is 0.0699. The maximum atomic E-state index is 13.0. The molecule has 4 nitrogen and oxygen atoms in total. The molecule has 5 aromatic rings. The zero-order valence-corrected chi connectivity index (χ0v) is 16.0. The summed E-state index contributed by atoms with van der Waals surface area (Å²) in [6.45, 7) is 2.74. The molecule has 0 radical (unpaired) electrons. The summed E-state index contributed by atoms with van der Waals surface area (Å²) in [6, 6.07) is 27.3. The first-order chi connectivity index (χ1) is 14.2. The SMILES string of the molecule is Cc1cc2cccc(C(=O)Oc3cc4ccccc4o3)c2n1Cc1ccccc1. The quantitative estimate of drug-likeness (QED) is 0.361. The molecule has 0 unspecified atom stereocenters. The van der Waals surface area contributed by atoms with Crippen LogP contribution in [0.15, 0.2) is 89.3 Å². The Balaban J connectivity index is 1.54. The molecule has 0 atom stereocenters. The second kappa shape index (κ2) is 6.99. The number of furan rings is 1. The molecule has 2 aromatic heterocycles. The maximum absolute atomic E-state index is 13.0. The number of aromatic nitrogens is 1. The number of hydrogen-bond donors (Lipinski definition) is 0. The molecule has 3 aromatic carbocycles. The zero-order valence-electron chi connectivity index (χ0n) is 16.0. The Labute approximate surface area is 167 Å². The van der Waals surface area contributed by atoms with Crippen LogP contribution in [-0.4, -0.2) is 10.5 Å². The van der Waals surface area contributed by atoms with E-state index in [2.05, 4.69) is 29.7 Å². The second-order valence-corrected chi connectivity index (χ2v) is 7.09. The molecule has 0 N–H and O–H groups in total. The van der Waals surface area contributed by atoms with Gasteiger partial charge in [0.1, 0.15) is 5.58 Å². The number of aryl methyl sites for hydroxylation is 1. The number of carbonyl (C=O) groups is 1. The number of hydrogen-bond acceptors (Lipinski definition) is 3. The highest BCUT2D eigenvalue weighted by Gasteiger charge is 2.19. The smallest absolute Gasteiger partial charge is 0.348 e. The van der Waals surface area contributed by atoms with E-state index in [1.54, 1.807) is 12.1 Å². The van der Waals surface area contributed by atoms with Crippen molar-refractivity contribution in [3.8, 4) is 5.95 Å². The summed E-state index contributed by atoms with van der Waals surface area (Å²) in [6.07, 6.45) is 0. The van der Waals surface area contributed by atoms with E-state index in [-0.39, 0.29) is 5.95 Å². The van der Waals surface area contributed by atoms with Crippen LogP contribution in [0.5, 0.6) is 5.95 Å². The van der Waals surface area contributed by atoms with Crippen molar-refractivity contribution in [3.05, 3.63) is 102 Å². The van der Waals surface area contributed by atoms with Gasteiger partial charge >= 0.3 is 5.97 Å². The van der Waals surface area contributed by atoms with Crippen LogP contribution in [-0.2, 0) is 6.54 Å². The number of ether oxygens (including phenoxy) is 1. The zero-order chi connectivity index (χ0) is 19.8. The van der Waals surface area contributed by atoms with Gasteiger partial charge in [-0.25, -0.2) is 4.79 Å². The molecule has 0 saturated carbocycles. The number of nitrogens with zero attached hydrogens (tertiary/aromatic N) is 1. The number of rotatable bonds is 4. The van der Waals surface area contributed by atoms with E-state index in [4.69, 9.17) is 9.15 Å². The average molecular weight is 381 g/mol. The fourth-order valence-electron chi connectivity index (χ4n) is 3.75. The Morgan fingerprint density at radius 3 is 2.48 bits per heavy atom. The molecule has 2 heterocycles. The van der Waals surface area contributed by atoms with Crippen LogP contribution in [0.3, 0.4) is 0 Å². The number of carbonyl (C=O) groups excluding carboxylic acids is 1. The highest BCUT2D eigenvalue weighted by atomic mass is 16.6. The van der Waals surface area contributed by atoms with Gasteiger partial charge in [0.2, 0.25) is 0 Å². The summed E-state index contributed by atoms with van der Waals surface area (Å²) in [4.78, 5) is 13.0. The molecule has 0 bridgehead atoms. The molecule has 29 heavy (non-hydrogen) atoms. The summed E-state index contributed by atoms with van der Waals surface area (Å²) >= 11 is 0. The van der Waals surface area contributed by atoms with Gasteiger partial charge in [-0.2, -0.15) is 0 Å². The van der Waals surface area contributed by atoms with Crippen molar-refractivity contribution in [2.45, 2.75) is 13.5 Å². The van der Waals surface area contributed by atoms with Gasteiger partial charge in [0, 0.05) is 29.1 Å². The van der Waals surface area contributed by atoms with E-state index in [0.717, 1.165) is 22.0 Å². The molecule has 4 heteroatoms. The van der Waals surface area contributed by atoms with Crippen LogP contribution >= 0.6 is 0 Å². The molecule has 0 amide bonds. The number of fused-ring (bicyclic) bond motifs is 2. The van der Waals surface area contributed by atoms with Crippen molar-refractivity contribution in [1.29, 1.82) is 0 Å². The molecule has 0 aliphatic heterocycles. The molecule has 0 aliphatic rings. The van der Waals surface area contributed by atoms with Gasteiger partial charge < -0.3 is 13.7 Å². The van der Waals surface area contributed by atoms with Gasteiger partial charge in [-0.3, -0.25) is 0 Å². The lowest BCUT2D eigenvalue weighted by Gasteiger charge is -2.11. The van der Waals surface area contributed by atoms with Crippen molar-refractivity contribution in [1.82, 2.24) is 4.57 Å². The summed E-state index contributed by atoms with van der Waals surface area (Å²) in [5.74, 6) is -0.229. The van der Waals surface area contributed by atoms with Crippen LogP contribution in [0.25, 0.3) is 21.9 Å². The van der Waals surface area contributed by atoms with E-state index < -0.39 is 5.97 Å². The van der Waals surface area contributed by atoms with E-state index in [1.807, 2.05) is 54.6 Å². The third kappa shape index (κ3) is 3.19. The first kappa shape index (κ1) is 17.3. The van der Waals surface area contributed by atoms with E-state index in [1.165, 1.54) is 5.56 Å². The van der Waals surface area contributed by atoms with Gasteiger partial charge in [0.25, 0.3) is 5.95 Å². The van der Waals surface area contributed by atoms with Crippen LogP contribution in [0, 0.1) is 6.92 Å². The minimum atomic E-state index is -0.429. The normalized spacial score (nSPS) is 11.2. The third-order valence-corrected chi connectivity index (χ3v) is 5.13. The minimum absolute atomic E-state index is 0.200. The molecule has 142 valence electrons. The topological polar surface area (TPSA) is 44.4 Å². The number of benzene rings is 3. The molecular formula is C25H19NO3. The lowest BCUT2D eigenvalue weighted by Crippen LogP contribution is -2.11. The monoisotopic (exact) mass is 381 g/mol. The molecule has 0 fully saturated rings. The fourth-order valence-corrected chi connectivity index (χ4v) is 3.75. The standard InChI is InChI=1S/C25H19NO3/c1-17-14-20-11-7-12-21(24(20)26(17)16-18-8-3-2-4-9-18)25(27)29-23-15-19-10-5-6-13-22(19)28-23/h2-15H,16H2,1H3. The van der Waals surface area contributed by atoms with Gasteiger partial charge in [0.15, 0.2) is 0 Å². The lowest BCUT2D eigenvalue weighted by atomic mass is 10.1. The Kier molecular flexibility index (Phi) is 4.17. The molecule has 5 rings (SSSR count). The Bertz CT molecular complexity index is 1300. The van der Waals surface area contributed by atoms with Gasteiger partial charge in [-0.1, -0.05) is 60.7 Å². The van der Waals surface area contributed by atoms with Crippen molar-refractivity contribution in [3.63, 3.8) is 0 Å². The largest absolute Gasteiger partial charge is 0.425 e.